The molecular weight excluding hydrogens is 240 g/mol. The SMILES string of the molecule is CNC(C)CC1CCN(c2ccc3c(c2)OCO3)C1. The fourth-order valence-corrected chi connectivity index (χ4v) is 2.96. The van der Waals surface area contributed by atoms with E-state index in [1.807, 2.05) is 13.1 Å². The van der Waals surface area contributed by atoms with E-state index in [-0.39, 0.29) is 0 Å². The molecule has 0 spiro atoms. The third kappa shape index (κ3) is 2.63. The summed E-state index contributed by atoms with van der Waals surface area (Å²) in [5.41, 5.74) is 1.25. The zero-order valence-corrected chi connectivity index (χ0v) is 11.7. The largest absolute Gasteiger partial charge is 0.454 e. The van der Waals surface area contributed by atoms with Crippen LogP contribution in [0.4, 0.5) is 5.69 Å². The van der Waals surface area contributed by atoms with Crippen molar-refractivity contribution in [1.82, 2.24) is 5.32 Å². The summed E-state index contributed by atoms with van der Waals surface area (Å²) in [7, 11) is 2.04. The first kappa shape index (κ1) is 12.6. The van der Waals surface area contributed by atoms with Gasteiger partial charge in [0, 0.05) is 30.9 Å². The van der Waals surface area contributed by atoms with Crippen molar-refractivity contribution in [2.75, 3.05) is 31.8 Å². The highest BCUT2D eigenvalue weighted by Crippen LogP contribution is 2.37. The highest BCUT2D eigenvalue weighted by molar-refractivity contribution is 5.57. The van der Waals surface area contributed by atoms with Gasteiger partial charge in [-0.1, -0.05) is 0 Å². The predicted molar refractivity (Wildman–Crippen MR) is 76.0 cm³/mol. The first-order valence-electron chi connectivity index (χ1n) is 7.08. The van der Waals surface area contributed by atoms with Crippen LogP contribution in [0.15, 0.2) is 18.2 Å². The Balaban J connectivity index is 1.64. The Bertz CT molecular complexity index is 450. The van der Waals surface area contributed by atoms with Gasteiger partial charge in [0.2, 0.25) is 6.79 Å². The van der Waals surface area contributed by atoms with Crippen LogP contribution in [0.1, 0.15) is 19.8 Å². The van der Waals surface area contributed by atoms with Crippen molar-refractivity contribution in [2.24, 2.45) is 5.92 Å². The number of fused-ring (bicyclic) bond motifs is 1. The molecule has 1 aromatic rings. The topological polar surface area (TPSA) is 33.7 Å². The maximum atomic E-state index is 5.45. The molecule has 0 saturated carbocycles. The molecule has 2 unspecified atom stereocenters. The van der Waals surface area contributed by atoms with E-state index < -0.39 is 0 Å². The van der Waals surface area contributed by atoms with Gasteiger partial charge < -0.3 is 19.7 Å². The lowest BCUT2D eigenvalue weighted by atomic mass is 10.0. The molecule has 4 nitrogen and oxygen atoms in total. The van der Waals surface area contributed by atoms with Crippen LogP contribution in [0.2, 0.25) is 0 Å². The first-order chi connectivity index (χ1) is 9.26. The van der Waals surface area contributed by atoms with Gasteiger partial charge in [-0.15, -0.1) is 0 Å². The van der Waals surface area contributed by atoms with Crippen LogP contribution in [0.3, 0.4) is 0 Å². The Hall–Kier alpha value is -1.42. The molecule has 2 aliphatic heterocycles. The molecule has 19 heavy (non-hydrogen) atoms. The second-order valence-corrected chi connectivity index (χ2v) is 5.56. The second kappa shape index (κ2) is 5.29. The maximum Gasteiger partial charge on any atom is 0.231 e. The standard InChI is InChI=1S/C15H22N2O2/c1-11(16-2)7-12-5-6-17(9-12)13-3-4-14-15(8-13)19-10-18-14/h3-4,8,11-12,16H,5-7,9-10H2,1-2H3. The van der Waals surface area contributed by atoms with E-state index >= 15 is 0 Å². The molecule has 0 radical (unpaired) electrons. The van der Waals surface area contributed by atoms with Gasteiger partial charge in [-0.25, -0.2) is 0 Å². The van der Waals surface area contributed by atoms with E-state index in [1.54, 1.807) is 0 Å². The number of benzene rings is 1. The summed E-state index contributed by atoms with van der Waals surface area (Å²) in [6, 6.07) is 6.85. The van der Waals surface area contributed by atoms with E-state index in [0.29, 0.717) is 12.8 Å². The van der Waals surface area contributed by atoms with E-state index in [4.69, 9.17) is 9.47 Å². The normalized spacial score (nSPS) is 22.8. The van der Waals surface area contributed by atoms with Gasteiger partial charge in [0.15, 0.2) is 11.5 Å². The smallest absolute Gasteiger partial charge is 0.231 e. The molecule has 0 aliphatic carbocycles. The van der Waals surface area contributed by atoms with Gasteiger partial charge in [0.1, 0.15) is 0 Å². The van der Waals surface area contributed by atoms with Gasteiger partial charge in [-0.2, -0.15) is 0 Å². The molecule has 1 aromatic carbocycles. The molecule has 1 fully saturated rings. The first-order valence-corrected chi connectivity index (χ1v) is 7.08. The zero-order valence-electron chi connectivity index (χ0n) is 11.7. The minimum atomic E-state index is 0.348. The van der Waals surface area contributed by atoms with Crippen molar-refractivity contribution < 1.29 is 9.47 Å². The van der Waals surface area contributed by atoms with E-state index in [9.17, 15) is 0 Å². The maximum absolute atomic E-state index is 5.45. The molecule has 0 amide bonds. The Morgan fingerprint density at radius 1 is 1.37 bits per heavy atom. The second-order valence-electron chi connectivity index (χ2n) is 5.56. The number of hydrogen-bond donors (Lipinski definition) is 1. The van der Waals surface area contributed by atoms with Crippen molar-refractivity contribution in [3.05, 3.63) is 18.2 Å². The Kier molecular flexibility index (Phi) is 3.51. The van der Waals surface area contributed by atoms with Gasteiger partial charge in [0.05, 0.1) is 0 Å². The number of anilines is 1. The summed E-state index contributed by atoms with van der Waals surface area (Å²) in [6.07, 6.45) is 2.53. The van der Waals surface area contributed by atoms with Crippen molar-refractivity contribution in [1.29, 1.82) is 0 Å². The quantitative estimate of drug-likeness (QED) is 0.902. The molecule has 1 N–H and O–H groups in total. The Morgan fingerprint density at radius 3 is 3.05 bits per heavy atom. The lowest BCUT2D eigenvalue weighted by Crippen LogP contribution is -2.26. The minimum absolute atomic E-state index is 0.348. The average molecular weight is 262 g/mol. The van der Waals surface area contributed by atoms with Crippen molar-refractivity contribution >= 4 is 5.69 Å². The summed E-state index contributed by atoms with van der Waals surface area (Å²) in [4.78, 5) is 2.45. The number of nitrogens with zero attached hydrogens (tertiary/aromatic N) is 1. The summed E-state index contributed by atoms with van der Waals surface area (Å²) in [5.74, 6) is 2.53. The van der Waals surface area contributed by atoms with Crippen LogP contribution in [0.25, 0.3) is 0 Å². The predicted octanol–water partition coefficient (Wildman–Crippen LogP) is 2.24. The van der Waals surface area contributed by atoms with E-state index in [0.717, 1.165) is 30.5 Å². The highest BCUT2D eigenvalue weighted by Gasteiger charge is 2.25. The van der Waals surface area contributed by atoms with Crippen molar-refractivity contribution in [3.8, 4) is 11.5 Å². The van der Waals surface area contributed by atoms with Crippen LogP contribution in [-0.4, -0.2) is 33.0 Å². The van der Waals surface area contributed by atoms with Gasteiger partial charge in [-0.3, -0.25) is 0 Å². The number of hydrogen-bond acceptors (Lipinski definition) is 4. The Labute approximate surface area is 114 Å². The van der Waals surface area contributed by atoms with Crippen molar-refractivity contribution in [2.45, 2.75) is 25.8 Å². The summed E-state index contributed by atoms with van der Waals surface area (Å²) < 4.78 is 10.8. The fraction of sp³-hybridized carbons (Fsp3) is 0.600. The zero-order chi connectivity index (χ0) is 13.2. The lowest BCUT2D eigenvalue weighted by Gasteiger charge is -2.20. The fourth-order valence-electron chi connectivity index (χ4n) is 2.96. The molecule has 0 bridgehead atoms. The van der Waals surface area contributed by atoms with Crippen LogP contribution in [-0.2, 0) is 0 Å². The van der Waals surface area contributed by atoms with Crippen LogP contribution < -0.4 is 19.7 Å². The third-order valence-corrected chi connectivity index (χ3v) is 4.19. The summed E-state index contributed by atoms with van der Waals surface area (Å²) in [6.45, 7) is 4.89. The Morgan fingerprint density at radius 2 is 2.21 bits per heavy atom. The van der Waals surface area contributed by atoms with Crippen LogP contribution >= 0.6 is 0 Å². The van der Waals surface area contributed by atoms with Gasteiger partial charge in [-0.05, 0) is 44.9 Å². The lowest BCUT2D eigenvalue weighted by molar-refractivity contribution is 0.174. The molecule has 4 heteroatoms. The number of ether oxygens (including phenoxy) is 2. The monoisotopic (exact) mass is 262 g/mol. The third-order valence-electron chi connectivity index (χ3n) is 4.19. The summed E-state index contributed by atoms with van der Waals surface area (Å²) in [5, 5.41) is 3.33. The van der Waals surface area contributed by atoms with Gasteiger partial charge in [0.25, 0.3) is 0 Å². The molecular formula is C15H22N2O2. The van der Waals surface area contributed by atoms with Crippen LogP contribution in [0.5, 0.6) is 11.5 Å². The number of nitrogens with one attached hydrogen (secondary N) is 1. The summed E-state index contributed by atoms with van der Waals surface area (Å²) >= 11 is 0. The molecule has 1 saturated heterocycles. The molecule has 2 aliphatic rings. The molecule has 104 valence electrons. The minimum Gasteiger partial charge on any atom is -0.454 e. The molecule has 2 heterocycles. The van der Waals surface area contributed by atoms with Crippen molar-refractivity contribution in [3.63, 3.8) is 0 Å². The van der Waals surface area contributed by atoms with E-state index in [1.165, 1.54) is 18.5 Å². The highest BCUT2D eigenvalue weighted by atomic mass is 16.7. The molecule has 0 aromatic heterocycles. The van der Waals surface area contributed by atoms with E-state index in [2.05, 4.69) is 29.3 Å². The van der Waals surface area contributed by atoms with Crippen LogP contribution in [0, 0.1) is 5.92 Å². The van der Waals surface area contributed by atoms with Gasteiger partial charge >= 0.3 is 0 Å². The average Bonchev–Trinajstić information content (AvgIpc) is 3.05. The molecule has 2 atom stereocenters. The number of rotatable bonds is 4. The molecule has 3 rings (SSSR count).